The van der Waals surface area contributed by atoms with Crippen LogP contribution in [0.3, 0.4) is 0 Å². The normalized spacial score (nSPS) is 23.1. The predicted molar refractivity (Wildman–Crippen MR) is 78.6 cm³/mol. The van der Waals surface area contributed by atoms with E-state index < -0.39 is 12.0 Å². The van der Waals surface area contributed by atoms with Crippen LogP contribution in [0.25, 0.3) is 6.08 Å². The Kier molecular flexibility index (Phi) is 5.99. The van der Waals surface area contributed by atoms with Crippen molar-refractivity contribution in [2.75, 3.05) is 0 Å². The van der Waals surface area contributed by atoms with Gasteiger partial charge in [0.25, 0.3) is 0 Å². The molecule has 0 bridgehead atoms. The minimum atomic E-state index is -4.41. The van der Waals surface area contributed by atoms with Crippen LogP contribution in [0, 0.1) is 11.7 Å². The number of halogens is 4. The SMILES string of the molecule is C.CC1CCC(c2ccc(C=CC(F)(F)F)c(F)c2)CC1. The van der Waals surface area contributed by atoms with Crippen molar-refractivity contribution < 1.29 is 17.6 Å². The molecule has 0 heterocycles. The Bertz CT molecular complexity index is 480. The van der Waals surface area contributed by atoms with E-state index in [0.29, 0.717) is 11.8 Å². The summed E-state index contributed by atoms with van der Waals surface area (Å²) in [6.45, 7) is 2.21. The highest BCUT2D eigenvalue weighted by Crippen LogP contribution is 2.36. The summed E-state index contributed by atoms with van der Waals surface area (Å²) in [5.74, 6) is 0.466. The lowest BCUT2D eigenvalue weighted by Gasteiger charge is -2.26. The van der Waals surface area contributed by atoms with Crippen molar-refractivity contribution in [3.63, 3.8) is 0 Å². The molecule has 1 aromatic carbocycles. The summed E-state index contributed by atoms with van der Waals surface area (Å²) < 4.78 is 50.0. The highest BCUT2D eigenvalue weighted by atomic mass is 19.4. The standard InChI is InChI=1S/C16H18F4.CH4/c1-11-2-4-12(5-3-11)14-7-6-13(15(17)10-14)8-9-16(18,19)20;/h6-12H,2-5H2,1H3;1H4. The van der Waals surface area contributed by atoms with Crippen LogP contribution in [0.4, 0.5) is 17.6 Å². The molecule has 0 aromatic heterocycles. The number of hydrogen-bond donors (Lipinski definition) is 0. The van der Waals surface area contributed by atoms with Gasteiger partial charge >= 0.3 is 6.18 Å². The molecular weight excluding hydrogens is 280 g/mol. The van der Waals surface area contributed by atoms with E-state index in [1.807, 2.05) is 0 Å². The quantitative estimate of drug-likeness (QED) is 0.560. The lowest BCUT2D eigenvalue weighted by molar-refractivity contribution is -0.0790. The Balaban J connectivity index is 0.00000220. The minimum absolute atomic E-state index is 0. The summed E-state index contributed by atoms with van der Waals surface area (Å²) in [5.41, 5.74) is 0.883. The van der Waals surface area contributed by atoms with Crippen LogP contribution in [0.5, 0.6) is 0 Å². The van der Waals surface area contributed by atoms with Gasteiger partial charge in [0, 0.05) is 11.6 Å². The van der Waals surface area contributed by atoms with Gasteiger partial charge in [0.2, 0.25) is 0 Å². The Morgan fingerprint density at radius 1 is 1.10 bits per heavy atom. The molecule has 118 valence electrons. The Labute approximate surface area is 123 Å². The van der Waals surface area contributed by atoms with E-state index in [0.717, 1.165) is 37.3 Å². The first-order chi connectivity index (χ1) is 9.35. The Morgan fingerprint density at radius 2 is 1.71 bits per heavy atom. The Hall–Kier alpha value is -1.32. The fourth-order valence-electron chi connectivity index (χ4n) is 2.71. The molecule has 2 rings (SSSR count). The lowest BCUT2D eigenvalue weighted by atomic mass is 9.79. The third-order valence-electron chi connectivity index (χ3n) is 3.96. The molecule has 1 aromatic rings. The molecule has 0 atom stereocenters. The summed E-state index contributed by atoms with van der Waals surface area (Å²) >= 11 is 0. The van der Waals surface area contributed by atoms with Gasteiger partial charge in [0.15, 0.2) is 0 Å². The highest BCUT2D eigenvalue weighted by Gasteiger charge is 2.23. The van der Waals surface area contributed by atoms with Crippen molar-refractivity contribution in [3.05, 3.63) is 41.2 Å². The number of allylic oxidation sites excluding steroid dienone is 1. The van der Waals surface area contributed by atoms with E-state index in [9.17, 15) is 17.6 Å². The molecule has 0 radical (unpaired) electrons. The zero-order valence-corrected chi connectivity index (χ0v) is 11.4. The molecule has 0 N–H and O–H groups in total. The van der Waals surface area contributed by atoms with E-state index in [4.69, 9.17) is 0 Å². The van der Waals surface area contributed by atoms with Crippen molar-refractivity contribution >= 4 is 6.08 Å². The van der Waals surface area contributed by atoms with E-state index >= 15 is 0 Å². The monoisotopic (exact) mass is 302 g/mol. The van der Waals surface area contributed by atoms with Crippen LogP contribution < -0.4 is 0 Å². The van der Waals surface area contributed by atoms with Gasteiger partial charge in [-0.05, 0) is 42.4 Å². The molecule has 4 heteroatoms. The molecule has 0 amide bonds. The minimum Gasteiger partial charge on any atom is -0.206 e. The molecule has 21 heavy (non-hydrogen) atoms. The summed E-state index contributed by atoms with van der Waals surface area (Å²) in [4.78, 5) is 0. The first-order valence-corrected chi connectivity index (χ1v) is 6.90. The van der Waals surface area contributed by atoms with Crippen LogP contribution in [0.15, 0.2) is 24.3 Å². The maximum absolute atomic E-state index is 13.8. The molecule has 0 unspecified atom stereocenters. The van der Waals surface area contributed by atoms with Gasteiger partial charge in [0.05, 0.1) is 0 Å². The first kappa shape index (κ1) is 17.7. The predicted octanol–water partition coefficient (Wildman–Crippen LogP) is 6.33. The average Bonchev–Trinajstić information content (AvgIpc) is 2.37. The van der Waals surface area contributed by atoms with Gasteiger partial charge in [-0.25, -0.2) is 4.39 Å². The second kappa shape index (κ2) is 7.10. The van der Waals surface area contributed by atoms with Gasteiger partial charge in [-0.3, -0.25) is 0 Å². The van der Waals surface area contributed by atoms with Crippen molar-refractivity contribution in [2.24, 2.45) is 5.92 Å². The lowest BCUT2D eigenvalue weighted by Crippen LogP contribution is -2.11. The summed E-state index contributed by atoms with van der Waals surface area (Å²) in [6, 6.07) is 4.57. The second-order valence-electron chi connectivity index (χ2n) is 5.61. The van der Waals surface area contributed by atoms with Crippen LogP contribution >= 0.6 is 0 Å². The van der Waals surface area contributed by atoms with Crippen LogP contribution in [0.1, 0.15) is 57.1 Å². The number of alkyl halides is 3. The molecule has 0 aliphatic heterocycles. The van der Waals surface area contributed by atoms with Crippen molar-refractivity contribution in [1.82, 2.24) is 0 Å². The van der Waals surface area contributed by atoms with Gasteiger partial charge in [-0.15, -0.1) is 0 Å². The molecule has 0 saturated heterocycles. The maximum atomic E-state index is 13.8. The first-order valence-electron chi connectivity index (χ1n) is 6.90. The molecule has 1 aliphatic carbocycles. The summed E-state index contributed by atoms with van der Waals surface area (Å²) in [6.07, 6.45) is 0.737. The Morgan fingerprint density at radius 3 is 2.24 bits per heavy atom. The maximum Gasteiger partial charge on any atom is 0.409 e. The summed E-state index contributed by atoms with van der Waals surface area (Å²) in [7, 11) is 0. The largest absolute Gasteiger partial charge is 0.409 e. The van der Waals surface area contributed by atoms with Crippen molar-refractivity contribution in [2.45, 2.75) is 52.1 Å². The number of hydrogen-bond acceptors (Lipinski definition) is 0. The second-order valence-corrected chi connectivity index (χ2v) is 5.61. The fraction of sp³-hybridized carbons (Fsp3) is 0.529. The van der Waals surface area contributed by atoms with E-state index in [1.165, 1.54) is 12.1 Å². The third kappa shape index (κ3) is 5.18. The molecule has 0 spiro atoms. The van der Waals surface area contributed by atoms with Gasteiger partial charge < -0.3 is 0 Å². The van der Waals surface area contributed by atoms with Gasteiger partial charge in [-0.1, -0.05) is 39.3 Å². The van der Waals surface area contributed by atoms with E-state index in [2.05, 4.69) is 6.92 Å². The number of rotatable bonds is 2. The zero-order chi connectivity index (χ0) is 14.8. The average molecular weight is 302 g/mol. The third-order valence-corrected chi connectivity index (χ3v) is 3.96. The van der Waals surface area contributed by atoms with Gasteiger partial charge in [0.1, 0.15) is 5.82 Å². The summed E-state index contributed by atoms with van der Waals surface area (Å²) in [5, 5.41) is 0. The number of benzene rings is 1. The van der Waals surface area contributed by atoms with Crippen molar-refractivity contribution in [3.8, 4) is 0 Å². The molecule has 1 saturated carbocycles. The van der Waals surface area contributed by atoms with Crippen LogP contribution in [0.2, 0.25) is 0 Å². The van der Waals surface area contributed by atoms with E-state index in [1.54, 1.807) is 6.07 Å². The van der Waals surface area contributed by atoms with Crippen molar-refractivity contribution in [1.29, 1.82) is 0 Å². The smallest absolute Gasteiger partial charge is 0.206 e. The molecule has 1 fully saturated rings. The van der Waals surface area contributed by atoms with Gasteiger partial charge in [-0.2, -0.15) is 13.2 Å². The molecule has 0 nitrogen and oxygen atoms in total. The molecule has 1 aliphatic rings. The molecular formula is C17H22F4. The fourth-order valence-corrected chi connectivity index (χ4v) is 2.71. The van der Waals surface area contributed by atoms with Crippen LogP contribution in [-0.2, 0) is 0 Å². The zero-order valence-electron chi connectivity index (χ0n) is 11.4. The van der Waals surface area contributed by atoms with E-state index in [-0.39, 0.29) is 19.1 Å². The highest BCUT2D eigenvalue weighted by molar-refractivity contribution is 5.51. The topological polar surface area (TPSA) is 0 Å². The van der Waals surface area contributed by atoms with Crippen LogP contribution in [-0.4, -0.2) is 6.18 Å².